The van der Waals surface area contributed by atoms with Crippen molar-refractivity contribution in [3.05, 3.63) is 89.6 Å². The summed E-state index contributed by atoms with van der Waals surface area (Å²) in [5.41, 5.74) is 6.77. The topological polar surface area (TPSA) is 206 Å². The van der Waals surface area contributed by atoms with E-state index in [1.165, 1.54) is 6.20 Å². The molecule has 13 heteroatoms. The first-order valence-electron chi connectivity index (χ1n) is 11.9. The number of hydrogen-bond donors (Lipinski definition) is 6. The van der Waals surface area contributed by atoms with E-state index in [0.717, 1.165) is 6.42 Å². The van der Waals surface area contributed by atoms with Gasteiger partial charge in [0.2, 0.25) is 11.8 Å². The molecule has 1 fully saturated rings. The quantitative estimate of drug-likeness (QED) is 0.148. The highest BCUT2D eigenvalue weighted by molar-refractivity contribution is 7.87. The molecule has 1 unspecified atom stereocenters. The van der Waals surface area contributed by atoms with E-state index >= 15 is 0 Å². The molecule has 12 nitrogen and oxygen atoms in total. The first-order valence-corrected chi connectivity index (χ1v) is 13.5. The highest BCUT2D eigenvalue weighted by Gasteiger charge is 2.39. The minimum atomic E-state index is -4.36. The number of ketones is 1. The highest BCUT2D eigenvalue weighted by atomic mass is 32.2. The molecule has 3 aromatic rings. The van der Waals surface area contributed by atoms with Crippen LogP contribution in [0.5, 0.6) is 0 Å². The summed E-state index contributed by atoms with van der Waals surface area (Å²) in [5, 5.41) is 18.6. The van der Waals surface area contributed by atoms with Crippen LogP contribution >= 0.6 is 0 Å². The second-order valence-corrected chi connectivity index (χ2v) is 10.2. The van der Waals surface area contributed by atoms with Crippen LogP contribution in [0.2, 0.25) is 0 Å². The Bertz CT molecular complexity index is 1350. The summed E-state index contributed by atoms with van der Waals surface area (Å²) in [6.45, 7) is 0.626. The summed E-state index contributed by atoms with van der Waals surface area (Å²) in [7, 11) is -4.36. The number of amidine groups is 1. The number of Topliss-reactive ketones (excluding diaryl/α,β-unsaturated/α-hetero) is 1. The zero-order chi connectivity index (χ0) is 27.3. The Hall–Kier alpha value is -3.91. The van der Waals surface area contributed by atoms with Crippen LogP contribution in [0.4, 0.5) is 0 Å². The molecule has 4 rings (SSSR count). The van der Waals surface area contributed by atoms with Gasteiger partial charge in [0, 0.05) is 5.92 Å². The van der Waals surface area contributed by atoms with Gasteiger partial charge >= 0.3 is 0 Å². The molecule has 0 aliphatic carbocycles. The summed E-state index contributed by atoms with van der Waals surface area (Å²) in [6.07, 6.45) is 2.49. The van der Waals surface area contributed by atoms with E-state index in [4.69, 9.17) is 20.7 Å². The van der Waals surface area contributed by atoms with E-state index in [1.807, 2.05) is 0 Å². The molecule has 8 N–H and O–H groups in total. The van der Waals surface area contributed by atoms with Gasteiger partial charge in [-0.25, -0.2) is 10.1 Å². The maximum atomic E-state index is 13.9. The van der Waals surface area contributed by atoms with Gasteiger partial charge in [-0.2, -0.15) is 13.1 Å². The predicted octanol–water partition coefficient (Wildman–Crippen LogP) is 0.431. The SMILES string of the molecule is N=C(N)c1cnc(C(NC(=O)[C@H](NS(N)(=O)=O)C(c2ccccc2)c2ccccc2)C(=O)[C@@H]2CCCN2)o1. The monoisotopic (exact) mass is 539 g/mol. The number of nitrogen functional groups attached to an aromatic ring is 1. The molecule has 0 radical (unpaired) electrons. The van der Waals surface area contributed by atoms with Crippen LogP contribution in [0.25, 0.3) is 0 Å². The van der Waals surface area contributed by atoms with Crippen molar-refractivity contribution in [2.24, 2.45) is 10.9 Å². The van der Waals surface area contributed by atoms with Crippen LogP contribution in [-0.2, 0) is 19.8 Å². The zero-order valence-corrected chi connectivity index (χ0v) is 21.1. The van der Waals surface area contributed by atoms with Crippen molar-refractivity contribution >= 4 is 27.7 Å². The van der Waals surface area contributed by atoms with Crippen molar-refractivity contribution in [2.75, 3.05) is 6.54 Å². The maximum Gasteiger partial charge on any atom is 0.275 e. The van der Waals surface area contributed by atoms with Gasteiger partial charge in [-0.1, -0.05) is 60.7 Å². The third-order valence-electron chi connectivity index (χ3n) is 6.24. The Kier molecular flexibility index (Phi) is 8.32. The second-order valence-electron chi connectivity index (χ2n) is 8.91. The van der Waals surface area contributed by atoms with E-state index in [9.17, 15) is 18.0 Å². The number of nitrogens with two attached hydrogens (primary N) is 2. The lowest BCUT2D eigenvalue weighted by Crippen LogP contribution is -2.54. The summed E-state index contributed by atoms with van der Waals surface area (Å²) in [6, 6.07) is 14.3. The normalized spacial score (nSPS) is 17.2. The molecule has 1 amide bonds. The molecule has 0 bridgehead atoms. The van der Waals surface area contributed by atoms with Gasteiger partial charge in [-0.05, 0) is 30.5 Å². The Morgan fingerprint density at radius 2 is 1.68 bits per heavy atom. The van der Waals surface area contributed by atoms with Crippen LogP contribution in [0, 0.1) is 5.41 Å². The average Bonchev–Trinajstić information content (AvgIpc) is 3.60. The predicted molar refractivity (Wildman–Crippen MR) is 139 cm³/mol. The maximum absolute atomic E-state index is 13.9. The fourth-order valence-electron chi connectivity index (χ4n) is 4.51. The number of aromatic nitrogens is 1. The molecule has 2 aromatic carbocycles. The average molecular weight is 540 g/mol. The molecule has 1 aliphatic heterocycles. The summed E-state index contributed by atoms with van der Waals surface area (Å²) >= 11 is 0. The Balaban J connectivity index is 1.75. The van der Waals surface area contributed by atoms with Gasteiger partial charge < -0.3 is 20.8 Å². The van der Waals surface area contributed by atoms with Crippen molar-refractivity contribution in [2.45, 2.75) is 36.9 Å². The molecule has 200 valence electrons. The number of nitrogens with zero attached hydrogens (tertiary/aromatic N) is 1. The second kappa shape index (κ2) is 11.6. The van der Waals surface area contributed by atoms with E-state index in [2.05, 4.69) is 20.3 Å². The van der Waals surface area contributed by atoms with E-state index < -0.39 is 51.8 Å². The lowest BCUT2D eigenvalue weighted by molar-refractivity contribution is -0.130. The number of benzene rings is 2. The van der Waals surface area contributed by atoms with Crippen LogP contribution < -0.4 is 26.2 Å². The number of carbonyl (C=O) groups excluding carboxylic acids is 2. The molecule has 1 saturated heterocycles. The van der Waals surface area contributed by atoms with Crippen LogP contribution in [0.15, 0.2) is 71.3 Å². The molecule has 2 heterocycles. The molecule has 1 aromatic heterocycles. The van der Waals surface area contributed by atoms with E-state index in [0.29, 0.717) is 24.1 Å². The Morgan fingerprint density at radius 1 is 1.08 bits per heavy atom. The van der Waals surface area contributed by atoms with Crippen molar-refractivity contribution in [1.29, 1.82) is 5.41 Å². The van der Waals surface area contributed by atoms with Crippen molar-refractivity contribution in [1.82, 2.24) is 20.3 Å². The number of nitrogens with one attached hydrogen (secondary N) is 4. The molecular weight excluding hydrogens is 510 g/mol. The molecule has 1 aliphatic rings. The van der Waals surface area contributed by atoms with Crippen LogP contribution in [-0.4, -0.2) is 49.6 Å². The van der Waals surface area contributed by atoms with Gasteiger partial charge in [0.15, 0.2) is 23.4 Å². The fraction of sp³-hybridized carbons (Fsp3) is 0.280. The Morgan fingerprint density at radius 3 is 2.16 bits per heavy atom. The van der Waals surface area contributed by atoms with Crippen LogP contribution in [0.3, 0.4) is 0 Å². The largest absolute Gasteiger partial charge is 0.435 e. The fourth-order valence-corrected chi connectivity index (χ4v) is 5.11. The number of rotatable bonds is 11. The third kappa shape index (κ3) is 6.50. The van der Waals surface area contributed by atoms with Gasteiger partial charge in [-0.3, -0.25) is 15.0 Å². The van der Waals surface area contributed by atoms with E-state index in [1.54, 1.807) is 60.7 Å². The summed E-state index contributed by atoms with van der Waals surface area (Å²) < 4.78 is 32.2. The number of amides is 1. The molecule has 0 spiro atoms. The smallest absolute Gasteiger partial charge is 0.275 e. The summed E-state index contributed by atoms with van der Waals surface area (Å²) in [5.74, 6) is -2.69. The van der Waals surface area contributed by atoms with Gasteiger partial charge in [0.25, 0.3) is 10.2 Å². The number of hydrogen-bond acceptors (Lipinski definition) is 8. The number of carbonyl (C=O) groups is 2. The highest BCUT2D eigenvalue weighted by Crippen LogP contribution is 2.29. The van der Waals surface area contributed by atoms with Crippen molar-refractivity contribution < 1.29 is 22.4 Å². The minimum absolute atomic E-state index is 0.0721. The van der Waals surface area contributed by atoms with Gasteiger partial charge in [0.05, 0.1) is 12.2 Å². The molecular formula is C25H29N7O5S. The van der Waals surface area contributed by atoms with Crippen LogP contribution in [0.1, 0.15) is 47.6 Å². The third-order valence-corrected chi connectivity index (χ3v) is 6.82. The molecule has 38 heavy (non-hydrogen) atoms. The lowest BCUT2D eigenvalue weighted by atomic mass is 9.85. The van der Waals surface area contributed by atoms with Crippen molar-refractivity contribution in [3.8, 4) is 0 Å². The van der Waals surface area contributed by atoms with Gasteiger partial charge in [0.1, 0.15) is 6.04 Å². The zero-order valence-electron chi connectivity index (χ0n) is 20.3. The van der Waals surface area contributed by atoms with Crippen molar-refractivity contribution in [3.63, 3.8) is 0 Å². The Labute approximate surface area is 219 Å². The molecule has 0 saturated carbocycles. The lowest BCUT2D eigenvalue weighted by Gasteiger charge is -2.29. The summed E-state index contributed by atoms with van der Waals surface area (Å²) in [4.78, 5) is 31.4. The van der Waals surface area contributed by atoms with Gasteiger partial charge in [-0.15, -0.1) is 0 Å². The minimum Gasteiger partial charge on any atom is -0.435 e. The first kappa shape index (κ1) is 27.1. The standard InChI is InChI=1S/C25H29N7O5S/c26-23(27)18-14-30-25(37-18)21(22(33)17-12-7-13-29-17)31-24(34)20(32-38(28,35)36)19(15-8-3-1-4-9-15)16-10-5-2-6-11-16/h1-6,8-11,14,17,19-21,29,32H,7,12-13H2,(H3,26,27)(H,31,34)(H2,28,35,36)/t17-,20+,21?/m0/s1. The molecule has 3 atom stereocenters. The van der Waals surface area contributed by atoms with E-state index in [-0.39, 0.29) is 11.7 Å². The first-order chi connectivity index (χ1) is 18.1. The number of oxazole rings is 1.